The summed E-state index contributed by atoms with van der Waals surface area (Å²) in [4.78, 5) is 9.94. The van der Waals surface area contributed by atoms with Crippen molar-refractivity contribution in [3.63, 3.8) is 0 Å². The van der Waals surface area contributed by atoms with Gasteiger partial charge >= 0.3 is 29.6 Å². The van der Waals surface area contributed by atoms with Crippen molar-refractivity contribution in [1.29, 1.82) is 0 Å². The number of aliphatic carboxylic acids is 1. The molecule has 4 heteroatoms. The second-order valence-corrected chi connectivity index (χ2v) is 2.98. The van der Waals surface area contributed by atoms with E-state index in [2.05, 4.69) is 6.58 Å². The first-order chi connectivity index (χ1) is 5.13. The number of unbranched alkanes of at least 4 members (excludes halogenated alkanes) is 2. The van der Waals surface area contributed by atoms with Crippen molar-refractivity contribution in [2.75, 3.05) is 0 Å². The van der Waals surface area contributed by atoms with Crippen molar-refractivity contribution in [2.45, 2.75) is 32.1 Å². The largest absolute Gasteiger partial charge is 1.00 e. The molecule has 0 saturated carbocycles. The molecule has 0 unspecified atom stereocenters. The topological polar surface area (TPSA) is 40.1 Å². The molecule has 0 N–H and O–H groups in total. The molecule has 0 aromatic heterocycles. The Bertz CT molecular complexity index is 132. The number of carbonyl (C=O) groups is 1. The molecule has 0 atom stereocenters. The first-order valence-electron chi connectivity index (χ1n) is 3.66. The second-order valence-electron chi connectivity index (χ2n) is 2.45. The molecule has 0 aliphatic rings. The average molecular weight is 199 g/mol. The van der Waals surface area contributed by atoms with Crippen molar-refractivity contribution in [2.24, 2.45) is 0 Å². The summed E-state index contributed by atoms with van der Waals surface area (Å²) in [7, 11) is 0. The van der Waals surface area contributed by atoms with Crippen LogP contribution in [-0.4, -0.2) is 5.97 Å². The Morgan fingerprint density at radius 3 is 2.17 bits per heavy atom. The zero-order chi connectivity index (χ0) is 8.69. The van der Waals surface area contributed by atoms with E-state index in [1.165, 1.54) is 0 Å². The Kier molecular flexibility index (Phi) is 12.0. The molecule has 2 nitrogen and oxygen atoms in total. The van der Waals surface area contributed by atoms with Crippen LogP contribution in [0.5, 0.6) is 0 Å². The van der Waals surface area contributed by atoms with Crippen LogP contribution in [0.25, 0.3) is 0 Å². The number of rotatable bonds is 6. The van der Waals surface area contributed by atoms with Gasteiger partial charge in [0.15, 0.2) is 0 Å². The molecule has 0 spiro atoms. The van der Waals surface area contributed by atoms with E-state index >= 15 is 0 Å². The van der Waals surface area contributed by atoms with Crippen LogP contribution in [0.2, 0.25) is 0 Å². The van der Waals surface area contributed by atoms with Gasteiger partial charge in [-0.1, -0.05) is 24.6 Å². The summed E-state index contributed by atoms with van der Waals surface area (Å²) >= 11 is 5.50. The molecule has 0 radical (unpaired) electrons. The molecule has 64 valence electrons. The predicted molar refractivity (Wildman–Crippen MR) is 43.1 cm³/mol. The van der Waals surface area contributed by atoms with Crippen LogP contribution in [0.15, 0.2) is 11.6 Å². The van der Waals surface area contributed by atoms with Gasteiger partial charge in [0, 0.05) is 11.0 Å². The van der Waals surface area contributed by atoms with Gasteiger partial charge in [0.1, 0.15) is 0 Å². The molecule has 0 rings (SSSR count). The number of halogens is 1. The van der Waals surface area contributed by atoms with Crippen molar-refractivity contribution in [3.8, 4) is 0 Å². The van der Waals surface area contributed by atoms with E-state index in [4.69, 9.17) is 11.6 Å². The van der Waals surface area contributed by atoms with E-state index in [9.17, 15) is 9.90 Å². The smallest absolute Gasteiger partial charge is 0.550 e. The number of carboxylic acids is 1. The van der Waals surface area contributed by atoms with Gasteiger partial charge in [-0.2, -0.15) is 0 Å². The van der Waals surface area contributed by atoms with E-state index < -0.39 is 5.97 Å². The summed E-state index contributed by atoms with van der Waals surface area (Å²) < 4.78 is 0. The Morgan fingerprint density at radius 2 is 1.75 bits per heavy atom. The number of hydrogen-bond acceptors (Lipinski definition) is 2. The molecule has 0 aromatic carbocycles. The predicted octanol–water partition coefficient (Wildman–Crippen LogP) is -1.56. The fourth-order valence-corrected chi connectivity index (χ4v) is 0.897. The first-order valence-corrected chi connectivity index (χ1v) is 4.04. The first kappa shape index (κ1) is 15.0. The van der Waals surface area contributed by atoms with Crippen molar-refractivity contribution >= 4 is 17.6 Å². The molecule has 0 bridgehead atoms. The third-order valence-electron chi connectivity index (χ3n) is 1.33. The van der Waals surface area contributed by atoms with Gasteiger partial charge in [0.2, 0.25) is 0 Å². The third kappa shape index (κ3) is 13.1. The van der Waals surface area contributed by atoms with Crippen LogP contribution in [0.3, 0.4) is 0 Å². The molecule has 0 heterocycles. The minimum absolute atomic E-state index is 0. The summed E-state index contributed by atoms with van der Waals surface area (Å²) in [6, 6.07) is 0. The average Bonchev–Trinajstić information content (AvgIpc) is 1.85. The number of hydrogen-bond donors (Lipinski definition) is 0. The summed E-state index contributed by atoms with van der Waals surface area (Å²) in [5.41, 5.74) is 0. The van der Waals surface area contributed by atoms with Gasteiger partial charge in [-0.3, -0.25) is 0 Å². The van der Waals surface area contributed by atoms with E-state index in [0.717, 1.165) is 19.3 Å². The van der Waals surface area contributed by atoms with Crippen molar-refractivity contribution in [3.05, 3.63) is 11.6 Å². The van der Waals surface area contributed by atoms with E-state index in [0.29, 0.717) is 11.5 Å². The molecular weight excluding hydrogens is 187 g/mol. The zero-order valence-corrected chi connectivity index (χ0v) is 10.2. The molecule has 0 amide bonds. The maximum atomic E-state index is 9.94. The number of carboxylic acid groups (broad SMARTS) is 1. The van der Waals surface area contributed by atoms with Gasteiger partial charge < -0.3 is 9.90 Å². The van der Waals surface area contributed by atoms with Crippen LogP contribution >= 0.6 is 11.6 Å². The summed E-state index contributed by atoms with van der Waals surface area (Å²) in [5.74, 6) is -0.977. The summed E-state index contributed by atoms with van der Waals surface area (Å²) in [6.07, 6.45) is 3.38. The zero-order valence-electron chi connectivity index (χ0n) is 7.44. The second kappa shape index (κ2) is 9.59. The molecule has 0 aliphatic carbocycles. The van der Waals surface area contributed by atoms with Crippen LogP contribution in [0, 0.1) is 0 Å². The minimum atomic E-state index is -0.977. The van der Waals surface area contributed by atoms with Crippen LogP contribution in [0.4, 0.5) is 0 Å². The molecule has 0 saturated heterocycles. The van der Waals surface area contributed by atoms with E-state index in [1.54, 1.807) is 0 Å². The Hall–Kier alpha value is 0.500. The van der Waals surface area contributed by atoms with Crippen LogP contribution < -0.4 is 34.7 Å². The van der Waals surface area contributed by atoms with Gasteiger partial charge in [0.05, 0.1) is 0 Å². The third-order valence-corrected chi connectivity index (χ3v) is 1.52. The molecule has 0 aromatic rings. The van der Waals surface area contributed by atoms with Gasteiger partial charge in [0.25, 0.3) is 0 Å². The van der Waals surface area contributed by atoms with E-state index in [-0.39, 0.29) is 36.0 Å². The maximum Gasteiger partial charge on any atom is 1.00 e. The van der Waals surface area contributed by atoms with Crippen LogP contribution in [0.1, 0.15) is 32.1 Å². The molecule has 12 heavy (non-hydrogen) atoms. The fourth-order valence-electron chi connectivity index (χ4n) is 0.763. The van der Waals surface area contributed by atoms with Gasteiger partial charge in [-0.05, 0) is 25.7 Å². The van der Waals surface area contributed by atoms with Gasteiger partial charge in [-0.25, -0.2) is 0 Å². The van der Waals surface area contributed by atoms with Gasteiger partial charge in [-0.15, -0.1) is 0 Å². The normalized spacial score (nSPS) is 8.75. The SMILES string of the molecule is C=C(Cl)CCCCCC(=O)[O-].[Na+]. The molecule has 0 aliphatic heterocycles. The Balaban J connectivity index is 0. The summed E-state index contributed by atoms with van der Waals surface area (Å²) in [5, 5.41) is 10.6. The maximum absolute atomic E-state index is 9.94. The van der Waals surface area contributed by atoms with Crippen LogP contribution in [-0.2, 0) is 4.79 Å². The minimum Gasteiger partial charge on any atom is -0.550 e. The molecule has 0 fully saturated rings. The molecular formula is C8H12ClNaO2. The fraction of sp³-hybridized carbons (Fsp3) is 0.625. The standard InChI is InChI=1S/C8H13ClO2.Na/c1-7(9)5-3-2-4-6-8(10)11;/h1-6H2,(H,10,11);/q;+1/p-1. The number of allylic oxidation sites excluding steroid dienone is 1. The van der Waals surface area contributed by atoms with E-state index in [1.807, 2.05) is 0 Å². The Morgan fingerprint density at radius 1 is 1.25 bits per heavy atom. The quantitative estimate of drug-likeness (QED) is 0.383. The summed E-state index contributed by atoms with van der Waals surface area (Å²) in [6.45, 7) is 3.52. The monoisotopic (exact) mass is 198 g/mol. The van der Waals surface area contributed by atoms with Crippen molar-refractivity contribution in [1.82, 2.24) is 0 Å². The Labute approximate surface area is 100 Å². The van der Waals surface area contributed by atoms with Crippen molar-refractivity contribution < 1.29 is 39.5 Å². The number of carbonyl (C=O) groups excluding carboxylic acids is 1.